The van der Waals surface area contributed by atoms with Gasteiger partial charge in [-0.25, -0.2) is 4.79 Å². The molecule has 33 heavy (non-hydrogen) atoms. The number of benzene rings is 2. The van der Waals surface area contributed by atoms with Crippen LogP contribution in [0.1, 0.15) is 34.9 Å². The number of piperidine rings is 3. The third-order valence-electron chi connectivity index (χ3n) is 7.13. The number of aromatic hydroxyl groups is 1. The summed E-state index contributed by atoms with van der Waals surface area (Å²) in [7, 11) is 1.64. The standard InChI is InChI=1S/C27H28N2O4/c1-3-17-16-29-13-11-19(17)14-25(29)26(33-27(31)18-4-6-20(30)7-5-18)22-10-12-28-24-9-8-21(32-2)15-23(22)24/h3-10,12,15,17,19,25-26,30H,1,11,13-14,16H2,2H3/t17-,19?,25-,26?/m0/s1. The highest BCUT2D eigenvalue weighted by Gasteiger charge is 2.44. The first-order valence-corrected chi connectivity index (χ1v) is 11.4. The molecule has 3 saturated heterocycles. The SMILES string of the molecule is C=C[C@H]1CN2CCC1C[C@H]2C(OC(=O)c1ccc(O)cc1)c1ccnc2ccc(OC)cc12. The zero-order chi connectivity index (χ0) is 22.9. The molecular weight excluding hydrogens is 416 g/mol. The molecule has 0 aliphatic carbocycles. The molecule has 2 aromatic carbocycles. The maximum Gasteiger partial charge on any atom is 0.338 e. The predicted molar refractivity (Wildman–Crippen MR) is 126 cm³/mol. The van der Waals surface area contributed by atoms with Gasteiger partial charge < -0.3 is 14.6 Å². The molecule has 5 atom stereocenters. The van der Waals surface area contributed by atoms with Gasteiger partial charge in [-0.1, -0.05) is 6.08 Å². The van der Waals surface area contributed by atoms with Crippen molar-refractivity contribution in [1.82, 2.24) is 9.88 Å². The fourth-order valence-corrected chi connectivity index (χ4v) is 5.34. The van der Waals surface area contributed by atoms with E-state index in [1.54, 1.807) is 25.4 Å². The molecular formula is C27H28N2O4. The van der Waals surface area contributed by atoms with E-state index in [0.29, 0.717) is 17.4 Å². The van der Waals surface area contributed by atoms with E-state index < -0.39 is 12.1 Å². The molecule has 1 N–H and O–H groups in total. The Kier molecular flexibility index (Phi) is 5.77. The van der Waals surface area contributed by atoms with Crippen molar-refractivity contribution in [2.45, 2.75) is 25.0 Å². The zero-order valence-electron chi connectivity index (χ0n) is 18.7. The van der Waals surface area contributed by atoms with Gasteiger partial charge >= 0.3 is 5.97 Å². The van der Waals surface area contributed by atoms with Crippen molar-refractivity contribution in [3.8, 4) is 11.5 Å². The van der Waals surface area contributed by atoms with Gasteiger partial charge in [0.1, 0.15) is 17.6 Å². The second-order valence-corrected chi connectivity index (χ2v) is 8.90. The van der Waals surface area contributed by atoms with Gasteiger partial charge in [0.05, 0.1) is 24.2 Å². The van der Waals surface area contributed by atoms with Gasteiger partial charge in [-0.15, -0.1) is 6.58 Å². The van der Waals surface area contributed by atoms with Crippen LogP contribution in [0.5, 0.6) is 11.5 Å². The smallest absolute Gasteiger partial charge is 0.338 e. The molecule has 3 fully saturated rings. The van der Waals surface area contributed by atoms with Crippen LogP contribution in [0.3, 0.4) is 0 Å². The maximum absolute atomic E-state index is 13.2. The number of nitrogens with zero attached hydrogens (tertiary/aromatic N) is 2. The minimum absolute atomic E-state index is 0.0674. The number of hydrogen-bond donors (Lipinski definition) is 1. The molecule has 1 aromatic heterocycles. The van der Waals surface area contributed by atoms with E-state index in [-0.39, 0.29) is 11.8 Å². The summed E-state index contributed by atoms with van der Waals surface area (Å²) in [5.41, 5.74) is 2.17. The highest BCUT2D eigenvalue weighted by Crippen LogP contribution is 2.44. The van der Waals surface area contributed by atoms with Crippen LogP contribution in [0.2, 0.25) is 0 Å². The number of pyridine rings is 1. The van der Waals surface area contributed by atoms with Crippen molar-refractivity contribution >= 4 is 16.9 Å². The van der Waals surface area contributed by atoms with E-state index in [0.717, 1.165) is 48.1 Å². The summed E-state index contributed by atoms with van der Waals surface area (Å²) in [5, 5.41) is 10.5. The lowest BCUT2D eigenvalue weighted by molar-refractivity contribution is -0.0568. The lowest BCUT2D eigenvalue weighted by Gasteiger charge is -2.51. The Morgan fingerprint density at radius 2 is 2.06 bits per heavy atom. The Labute approximate surface area is 193 Å². The molecule has 170 valence electrons. The summed E-state index contributed by atoms with van der Waals surface area (Å²) in [6, 6.07) is 14.0. The van der Waals surface area contributed by atoms with E-state index in [1.807, 2.05) is 24.3 Å². The van der Waals surface area contributed by atoms with Crippen molar-refractivity contribution in [1.29, 1.82) is 0 Å². The Balaban J connectivity index is 1.56. The first-order valence-electron chi connectivity index (χ1n) is 11.4. The average molecular weight is 445 g/mol. The minimum atomic E-state index is -0.461. The lowest BCUT2D eigenvalue weighted by Crippen LogP contribution is -2.55. The van der Waals surface area contributed by atoms with Crippen LogP contribution in [-0.2, 0) is 4.74 Å². The summed E-state index contributed by atoms with van der Waals surface area (Å²) in [4.78, 5) is 20.1. The van der Waals surface area contributed by atoms with Gasteiger partial charge in [0.25, 0.3) is 0 Å². The number of hydrogen-bond acceptors (Lipinski definition) is 6. The lowest BCUT2D eigenvalue weighted by atomic mass is 9.73. The predicted octanol–water partition coefficient (Wildman–Crippen LogP) is 4.74. The highest BCUT2D eigenvalue weighted by atomic mass is 16.5. The normalized spacial score (nSPS) is 24.9. The molecule has 0 saturated carbocycles. The van der Waals surface area contributed by atoms with Crippen molar-refractivity contribution in [3.63, 3.8) is 0 Å². The molecule has 2 bridgehead atoms. The zero-order valence-corrected chi connectivity index (χ0v) is 18.7. The third kappa shape index (κ3) is 4.07. The number of aromatic nitrogens is 1. The fourth-order valence-electron chi connectivity index (χ4n) is 5.34. The minimum Gasteiger partial charge on any atom is -0.508 e. The number of esters is 1. The molecule has 0 amide bonds. The van der Waals surface area contributed by atoms with E-state index in [1.165, 1.54) is 12.1 Å². The Morgan fingerprint density at radius 1 is 1.24 bits per heavy atom. The largest absolute Gasteiger partial charge is 0.508 e. The number of phenols is 1. The maximum atomic E-state index is 13.2. The van der Waals surface area contributed by atoms with Crippen LogP contribution < -0.4 is 4.74 Å². The van der Waals surface area contributed by atoms with Crippen molar-refractivity contribution in [2.24, 2.45) is 11.8 Å². The molecule has 6 heteroatoms. The average Bonchev–Trinajstić information content (AvgIpc) is 2.87. The van der Waals surface area contributed by atoms with Gasteiger partial charge in [0, 0.05) is 23.7 Å². The number of phenolic OH excluding ortho intramolecular Hbond substituents is 1. The molecule has 0 spiro atoms. The summed E-state index contributed by atoms with van der Waals surface area (Å²) < 4.78 is 11.7. The quantitative estimate of drug-likeness (QED) is 0.437. The van der Waals surface area contributed by atoms with E-state index >= 15 is 0 Å². The van der Waals surface area contributed by atoms with Crippen molar-refractivity contribution < 1.29 is 19.4 Å². The van der Waals surface area contributed by atoms with Gasteiger partial charge in [-0.2, -0.15) is 0 Å². The van der Waals surface area contributed by atoms with Gasteiger partial charge in [-0.05, 0) is 79.8 Å². The summed E-state index contributed by atoms with van der Waals surface area (Å²) >= 11 is 0. The van der Waals surface area contributed by atoms with Crippen LogP contribution in [0.4, 0.5) is 0 Å². The van der Waals surface area contributed by atoms with Gasteiger partial charge in [-0.3, -0.25) is 9.88 Å². The molecule has 4 heterocycles. The summed E-state index contributed by atoms with van der Waals surface area (Å²) in [6.45, 7) is 5.95. The number of carbonyl (C=O) groups is 1. The topological polar surface area (TPSA) is 71.9 Å². The van der Waals surface area contributed by atoms with E-state index in [9.17, 15) is 9.90 Å². The molecule has 6 nitrogen and oxygen atoms in total. The van der Waals surface area contributed by atoms with Crippen LogP contribution >= 0.6 is 0 Å². The molecule has 0 radical (unpaired) electrons. The number of carbonyl (C=O) groups excluding carboxylic acids is 1. The second-order valence-electron chi connectivity index (χ2n) is 8.90. The second kappa shape index (κ2) is 8.87. The Bertz CT molecular complexity index is 1180. The number of methoxy groups -OCH3 is 1. The number of ether oxygens (including phenoxy) is 2. The fraction of sp³-hybridized carbons (Fsp3) is 0.333. The van der Waals surface area contributed by atoms with Crippen LogP contribution in [0.15, 0.2) is 67.4 Å². The number of rotatable bonds is 6. The number of fused-ring (bicyclic) bond motifs is 4. The van der Waals surface area contributed by atoms with Crippen molar-refractivity contribution in [3.05, 3.63) is 78.5 Å². The Hall–Kier alpha value is -3.38. The molecule has 6 rings (SSSR count). The first kappa shape index (κ1) is 21.5. The van der Waals surface area contributed by atoms with E-state index in [2.05, 4.69) is 22.5 Å². The molecule has 3 aromatic rings. The van der Waals surface area contributed by atoms with Gasteiger partial charge in [0.15, 0.2) is 0 Å². The van der Waals surface area contributed by atoms with Crippen molar-refractivity contribution in [2.75, 3.05) is 20.2 Å². The monoisotopic (exact) mass is 444 g/mol. The summed E-state index contributed by atoms with van der Waals surface area (Å²) in [6.07, 6.45) is 5.46. The molecule has 3 aliphatic heterocycles. The van der Waals surface area contributed by atoms with Crippen LogP contribution in [0, 0.1) is 11.8 Å². The van der Waals surface area contributed by atoms with Crippen LogP contribution in [-0.4, -0.2) is 47.2 Å². The Morgan fingerprint density at radius 3 is 2.76 bits per heavy atom. The summed E-state index contributed by atoms with van der Waals surface area (Å²) in [5.74, 6) is 1.45. The van der Waals surface area contributed by atoms with Gasteiger partial charge in [0.2, 0.25) is 0 Å². The highest BCUT2D eigenvalue weighted by molar-refractivity contribution is 5.90. The molecule has 3 aliphatic rings. The van der Waals surface area contributed by atoms with Crippen LogP contribution in [0.25, 0.3) is 10.9 Å². The first-order chi connectivity index (χ1) is 16.1. The van der Waals surface area contributed by atoms with E-state index in [4.69, 9.17) is 9.47 Å². The molecule has 3 unspecified atom stereocenters. The third-order valence-corrected chi connectivity index (χ3v) is 7.13.